The molecule has 3 aliphatic heterocycles. The van der Waals surface area contributed by atoms with E-state index in [1.807, 2.05) is 18.6 Å². The summed E-state index contributed by atoms with van der Waals surface area (Å²) in [6.45, 7) is 20.8. The molecule has 0 amide bonds. The maximum absolute atomic E-state index is 4.92. The summed E-state index contributed by atoms with van der Waals surface area (Å²) in [6, 6.07) is 23.6. The fraction of sp³-hybridized carbons (Fsp3) is 0.600. The van der Waals surface area contributed by atoms with E-state index in [0.29, 0.717) is 30.0 Å². The van der Waals surface area contributed by atoms with Crippen molar-refractivity contribution in [2.24, 2.45) is 28.1 Å². The van der Waals surface area contributed by atoms with Crippen molar-refractivity contribution in [3.63, 3.8) is 0 Å². The summed E-state index contributed by atoms with van der Waals surface area (Å²) in [5.74, 6) is 2.47. The molecule has 3 aliphatic rings. The molecule has 5 unspecified atom stereocenters. The second-order valence-corrected chi connectivity index (χ2v) is 16.9. The highest BCUT2D eigenvalue weighted by atomic mass is 15.2. The molecule has 5 heterocycles. The molecule has 0 N–H and O–H groups in total. The van der Waals surface area contributed by atoms with Crippen molar-refractivity contribution in [2.45, 2.75) is 105 Å². The van der Waals surface area contributed by atoms with Gasteiger partial charge in [0.15, 0.2) is 0 Å². The van der Waals surface area contributed by atoms with Crippen LogP contribution in [0.5, 0.6) is 0 Å². The summed E-state index contributed by atoms with van der Waals surface area (Å²) in [4.78, 5) is 17.3. The lowest BCUT2D eigenvalue weighted by Gasteiger charge is -2.41. The summed E-state index contributed by atoms with van der Waals surface area (Å²) >= 11 is 0. The van der Waals surface area contributed by atoms with Crippen LogP contribution in [0.1, 0.15) is 87.0 Å². The van der Waals surface area contributed by atoms with Crippen molar-refractivity contribution < 1.29 is 0 Å². The Hall–Kier alpha value is -3.08. The first kappa shape index (κ1) is 31.9. The van der Waals surface area contributed by atoms with Gasteiger partial charge in [0, 0.05) is 67.7 Å². The zero-order valence-corrected chi connectivity index (χ0v) is 29.0. The molecule has 2 aromatic heterocycles. The molecule has 6 rings (SSSR count). The predicted octanol–water partition coefficient (Wildman–Crippen LogP) is 9.11. The zero-order chi connectivity index (χ0) is 31.8. The number of rotatable bonds is 9. The number of pyridine rings is 2. The molecule has 5 heteroatoms. The Kier molecular flexibility index (Phi) is 8.93. The van der Waals surface area contributed by atoms with Gasteiger partial charge in [0.25, 0.3) is 0 Å². The standard InChI is InChI=1S/C40H57N5/c1-38(2,3)35-24-30(28-44(35)33-18-21-41-22-19-33)27-40(6,7)36-25-31(29-45(36)37-17-11-12-20-42-37)26-39(4,5)34-16-13-23-43(34)32-14-9-8-10-15-32/h8-12,14-15,17-22,30-31,34-36H,13,16,23-29H2,1-7H3. The Morgan fingerprint density at radius 2 is 1.22 bits per heavy atom. The Balaban J connectivity index is 1.21. The summed E-state index contributed by atoms with van der Waals surface area (Å²) in [6.07, 6.45) is 13.4. The molecule has 3 saturated heterocycles. The largest absolute Gasteiger partial charge is 0.368 e. The number of hydrogen-bond donors (Lipinski definition) is 0. The molecule has 0 aliphatic carbocycles. The molecule has 3 aromatic rings. The van der Waals surface area contributed by atoms with Crippen LogP contribution in [-0.2, 0) is 0 Å². The maximum Gasteiger partial charge on any atom is 0.128 e. The Bertz CT molecular complexity index is 1370. The number of aromatic nitrogens is 2. The molecule has 5 atom stereocenters. The van der Waals surface area contributed by atoms with Gasteiger partial charge in [0.05, 0.1) is 0 Å². The average Bonchev–Trinajstić information content (AvgIpc) is 3.77. The number of hydrogen-bond acceptors (Lipinski definition) is 5. The fourth-order valence-corrected chi connectivity index (χ4v) is 9.57. The van der Waals surface area contributed by atoms with Crippen molar-refractivity contribution in [1.29, 1.82) is 0 Å². The van der Waals surface area contributed by atoms with Gasteiger partial charge in [-0.1, -0.05) is 72.7 Å². The predicted molar refractivity (Wildman–Crippen MR) is 190 cm³/mol. The summed E-state index contributed by atoms with van der Waals surface area (Å²) in [5.41, 5.74) is 3.34. The second kappa shape index (κ2) is 12.6. The van der Waals surface area contributed by atoms with Gasteiger partial charge >= 0.3 is 0 Å². The van der Waals surface area contributed by atoms with Gasteiger partial charge < -0.3 is 14.7 Å². The molecule has 0 saturated carbocycles. The van der Waals surface area contributed by atoms with E-state index >= 15 is 0 Å². The maximum atomic E-state index is 4.92. The van der Waals surface area contributed by atoms with Gasteiger partial charge in [-0.2, -0.15) is 0 Å². The van der Waals surface area contributed by atoms with E-state index in [1.54, 1.807) is 0 Å². The van der Waals surface area contributed by atoms with Gasteiger partial charge in [-0.25, -0.2) is 4.98 Å². The Morgan fingerprint density at radius 1 is 0.622 bits per heavy atom. The number of para-hydroxylation sites is 1. The van der Waals surface area contributed by atoms with Crippen molar-refractivity contribution in [3.05, 3.63) is 79.3 Å². The van der Waals surface area contributed by atoms with Crippen LogP contribution in [0, 0.1) is 28.1 Å². The lowest BCUT2D eigenvalue weighted by molar-refractivity contribution is 0.193. The van der Waals surface area contributed by atoms with Crippen LogP contribution in [0.4, 0.5) is 17.2 Å². The van der Waals surface area contributed by atoms with Crippen molar-refractivity contribution in [2.75, 3.05) is 34.3 Å². The fourth-order valence-electron chi connectivity index (χ4n) is 9.57. The van der Waals surface area contributed by atoms with Gasteiger partial charge in [-0.05, 0) is 103 Å². The normalized spacial score (nSPS) is 26.2. The minimum absolute atomic E-state index is 0.168. The molecule has 0 bridgehead atoms. The van der Waals surface area contributed by atoms with E-state index in [1.165, 1.54) is 56.4 Å². The molecular formula is C40H57N5. The average molecular weight is 608 g/mol. The number of benzene rings is 1. The van der Waals surface area contributed by atoms with Gasteiger partial charge in [0.2, 0.25) is 0 Å². The first-order chi connectivity index (χ1) is 21.4. The summed E-state index contributed by atoms with van der Waals surface area (Å²) in [7, 11) is 0. The minimum Gasteiger partial charge on any atom is -0.368 e. The molecule has 242 valence electrons. The van der Waals surface area contributed by atoms with Gasteiger partial charge in [-0.3, -0.25) is 4.98 Å². The van der Waals surface area contributed by atoms with Crippen LogP contribution in [0.3, 0.4) is 0 Å². The first-order valence-electron chi connectivity index (χ1n) is 17.6. The molecular weight excluding hydrogens is 550 g/mol. The smallest absolute Gasteiger partial charge is 0.128 e. The van der Waals surface area contributed by atoms with E-state index < -0.39 is 0 Å². The summed E-state index contributed by atoms with van der Waals surface area (Å²) < 4.78 is 0. The highest BCUT2D eigenvalue weighted by Crippen LogP contribution is 2.49. The number of anilines is 3. The quantitative estimate of drug-likeness (QED) is 0.242. The molecule has 0 spiro atoms. The number of nitrogens with zero attached hydrogens (tertiary/aromatic N) is 5. The Morgan fingerprint density at radius 3 is 1.87 bits per heavy atom. The third-order valence-electron chi connectivity index (χ3n) is 11.5. The van der Waals surface area contributed by atoms with E-state index in [9.17, 15) is 0 Å². The lowest BCUT2D eigenvalue weighted by Crippen LogP contribution is -2.43. The van der Waals surface area contributed by atoms with Crippen LogP contribution in [0.25, 0.3) is 0 Å². The van der Waals surface area contributed by atoms with Gasteiger partial charge in [-0.15, -0.1) is 0 Å². The van der Waals surface area contributed by atoms with Crippen LogP contribution in [-0.4, -0.2) is 47.7 Å². The second-order valence-electron chi connectivity index (χ2n) is 16.9. The third-order valence-corrected chi connectivity index (χ3v) is 11.5. The van der Waals surface area contributed by atoms with Crippen LogP contribution in [0.15, 0.2) is 79.3 Å². The minimum atomic E-state index is 0.168. The zero-order valence-electron chi connectivity index (χ0n) is 29.0. The first-order valence-corrected chi connectivity index (χ1v) is 17.6. The molecule has 0 radical (unpaired) electrons. The topological polar surface area (TPSA) is 35.5 Å². The SMILES string of the molecule is CC(C)(C)C1CC(CC(C)(C)C2CC(CC(C)(C)C3CCCN3c3ccccc3)CN2c2ccccn2)CN1c1ccncc1. The lowest BCUT2D eigenvalue weighted by atomic mass is 9.71. The van der Waals surface area contributed by atoms with Crippen molar-refractivity contribution in [3.8, 4) is 0 Å². The third kappa shape index (κ3) is 6.88. The molecule has 1 aromatic carbocycles. The van der Waals surface area contributed by atoms with Crippen LogP contribution < -0.4 is 14.7 Å². The summed E-state index contributed by atoms with van der Waals surface area (Å²) in [5, 5.41) is 0. The molecule has 45 heavy (non-hydrogen) atoms. The van der Waals surface area contributed by atoms with Crippen LogP contribution in [0.2, 0.25) is 0 Å². The van der Waals surface area contributed by atoms with E-state index in [0.717, 1.165) is 18.9 Å². The highest BCUT2D eigenvalue weighted by Gasteiger charge is 2.48. The van der Waals surface area contributed by atoms with Crippen LogP contribution >= 0.6 is 0 Å². The van der Waals surface area contributed by atoms with E-state index in [-0.39, 0.29) is 16.2 Å². The highest BCUT2D eigenvalue weighted by molar-refractivity contribution is 5.49. The van der Waals surface area contributed by atoms with Crippen molar-refractivity contribution >= 4 is 17.2 Å². The van der Waals surface area contributed by atoms with Crippen molar-refractivity contribution in [1.82, 2.24) is 9.97 Å². The monoisotopic (exact) mass is 607 g/mol. The van der Waals surface area contributed by atoms with E-state index in [2.05, 4.69) is 129 Å². The van der Waals surface area contributed by atoms with Gasteiger partial charge in [0.1, 0.15) is 5.82 Å². The molecule has 5 nitrogen and oxygen atoms in total. The molecule has 3 fully saturated rings. The Labute approximate surface area is 273 Å². The van der Waals surface area contributed by atoms with E-state index in [4.69, 9.17) is 4.98 Å².